The summed E-state index contributed by atoms with van der Waals surface area (Å²) in [4.78, 5) is 21.5. The molecule has 0 saturated heterocycles. The lowest BCUT2D eigenvalue weighted by Crippen LogP contribution is -2.28. The van der Waals surface area contributed by atoms with Gasteiger partial charge in [0.05, 0.1) is 5.41 Å². The van der Waals surface area contributed by atoms with Crippen LogP contribution in [0.3, 0.4) is 0 Å². The van der Waals surface area contributed by atoms with Crippen LogP contribution < -0.4 is 0 Å². The van der Waals surface area contributed by atoms with Crippen molar-refractivity contribution in [3.63, 3.8) is 0 Å². The molecular weight excluding hydrogens is 192 g/mol. The van der Waals surface area contributed by atoms with Crippen molar-refractivity contribution < 1.29 is 14.3 Å². The second-order valence-corrected chi connectivity index (χ2v) is 4.05. The van der Waals surface area contributed by atoms with Gasteiger partial charge in [-0.2, -0.15) is 0 Å². The van der Waals surface area contributed by atoms with E-state index in [0.717, 1.165) is 5.56 Å². The Morgan fingerprint density at radius 2 is 1.93 bits per heavy atom. The minimum absolute atomic E-state index is 0.176. The Hall–Kier alpha value is -1.64. The first-order valence-electron chi connectivity index (χ1n) is 4.75. The molecule has 0 aliphatic rings. The highest BCUT2D eigenvalue weighted by atomic mass is 16.6. The van der Waals surface area contributed by atoms with Crippen LogP contribution in [0.15, 0.2) is 30.3 Å². The predicted molar refractivity (Wildman–Crippen MR) is 56.1 cm³/mol. The van der Waals surface area contributed by atoms with Crippen LogP contribution in [0.5, 0.6) is 0 Å². The number of carbonyl (C=O) groups excluding carboxylic acids is 2. The fraction of sp³-hybridized carbons (Fsp3) is 0.333. The van der Waals surface area contributed by atoms with Gasteiger partial charge < -0.3 is 4.74 Å². The third-order valence-electron chi connectivity index (χ3n) is 2.20. The molecule has 0 saturated carbocycles. The molecule has 0 radical (unpaired) electrons. The zero-order valence-corrected chi connectivity index (χ0v) is 8.90. The molecule has 1 rings (SSSR count). The third kappa shape index (κ3) is 3.20. The number of rotatable bonds is 4. The molecule has 15 heavy (non-hydrogen) atoms. The van der Waals surface area contributed by atoms with Gasteiger partial charge >= 0.3 is 12.4 Å². The van der Waals surface area contributed by atoms with E-state index in [2.05, 4.69) is 4.74 Å². The summed E-state index contributed by atoms with van der Waals surface area (Å²) < 4.78 is 4.36. The van der Waals surface area contributed by atoms with Gasteiger partial charge in [-0.15, -0.1) is 0 Å². The van der Waals surface area contributed by atoms with Gasteiger partial charge in [-0.1, -0.05) is 30.3 Å². The summed E-state index contributed by atoms with van der Waals surface area (Å²) in [6, 6.07) is 9.62. The molecule has 0 spiro atoms. The van der Waals surface area contributed by atoms with E-state index in [9.17, 15) is 9.59 Å². The molecule has 3 heteroatoms. The fourth-order valence-electron chi connectivity index (χ4n) is 1.38. The van der Waals surface area contributed by atoms with Crippen LogP contribution in [-0.2, 0) is 20.7 Å². The van der Waals surface area contributed by atoms with Crippen molar-refractivity contribution in [2.24, 2.45) is 5.41 Å². The fourth-order valence-corrected chi connectivity index (χ4v) is 1.38. The smallest absolute Gasteiger partial charge is 0.319 e. The number of benzene rings is 1. The Kier molecular flexibility index (Phi) is 3.61. The topological polar surface area (TPSA) is 43.4 Å². The Bertz CT molecular complexity index is 341. The first-order chi connectivity index (χ1) is 7.06. The lowest BCUT2D eigenvalue weighted by atomic mass is 9.86. The van der Waals surface area contributed by atoms with E-state index in [1.165, 1.54) is 0 Å². The number of esters is 1. The quantitative estimate of drug-likeness (QED) is 0.429. The van der Waals surface area contributed by atoms with Crippen molar-refractivity contribution >= 4 is 12.4 Å². The monoisotopic (exact) mass is 206 g/mol. The van der Waals surface area contributed by atoms with Crippen molar-refractivity contribution in [3.05, 3.63) is 35.9 Å². The predicted octanol–water partition coefficient (Wildman–Crippen LogP) is 1.95. The summed E-state index contributed by atoms with van der Waals surface area (Å²) in [6.07, 6.45) is 0.556. The average Bonchev–Trinajstić information content (AvgIpc) is 2.19. The Morgan fingerprint density at radius 1 is 1.33 bits per heavy atom. The standard InChI is InChI=1S/C12H14O3/c1-12(2,11(14)15-9-13)8-10-6-4-3-5-7-10/h3-7,9H,8H2,1-2H3. The zero-order chi connectivity index (χ0) is 11.3. The maximum atomic E-state index is 11.4. The first kappa shape index (κ1) is 11.4. The van der Waals surface area contributed by atoms with Crippen molar-refractivity contribution in [1.29, 1.82) is 0 Å². The molecule has 0 unspecified atom stereocenters. The number of hydrogen-bond donors (Lipinski definition) is 0. The Balaban J connectivity index is 2.72. The van der Waals surface area contributed by atoms with E-state index < -0.39 is 11.4 Å². The maximum Gasteiger partial charge on any atom is 0.319 e. The van der Waals surface area contributed by atoms with Crippen LogP contribution in [0.4, 0.5) is 0 Å². The van der Waals surface area contributed by atoms with E-state index in [1.807, 2.05) is 30.3 Å². The van der Waals surface area contributed by atoms with Crippen molar-refractivity contribution in [3.8, 4) is 0 Å². The van der Waals surface area contributed by atoms with E-state index in [1.54, 1.807) is 13.8 Å². The molecule has 0 N–H and O–H groups in total. The maximum absolute atomic E-state index is 11.4. The van der Waals surface area contributed by atoms with Crippen molar-refractivity contribution in [2.45, 2.75) is 20.3 Å². The van der Waals surface area contributed by atoms with Crippen LogP contribution in [-0.4, -0.2) is 12.4 Å². The molecule has 80 valence electrons. The van der Waals surface area contributed by atoms with Gasteiger partial charge in [0.15, 0.2) is 0 Å². The zero-order valence-electron chi connectivity index (χ0n) is 8.90. The molecule has 0 amide bonds. The number of ether oxygens (including phenoxy) is 1. The highest BCUT2D eigenvalue weighted by molar-refractivity contribution is 5.81. The first-order valence-corrected chi connectivity index (χ1v) is 4.75. The van der Waals surface area contributed by atoms with Gasteiger partial charge in [-0.05, 0) is 25.8 Å². The number of carbonyl (C=O) groups is 2. The second-order valence-electron chi connectivity index (χ2n) is 4.05. The summed E-state index contributed by atoms with van der Waals surface area (Å²) >= 11 is 0. The average molecular weight is 206 g/mol. The van der Waals surface area contributed by atoms with Crippen LogP contribution in [0.25, 0.3) is 0 Å². The van der Waals surface area contributed by atoms with Gasteiger partial charge in [-0.25, -0.2) is 0 Å². The van der Waals surface area contributed by atoms with E-state index >= 15 is 0 Å². The van der Waals surface area contributed by atoms with Crippen LogP contribution >= 0.6 is 0 Å². The highest BCUT2D eigenvalue weighted by Gasteiger charge is 2.29. The highest BCUT2D eigenvalue weighted by Crippen LogP contribution is 2.23. The van der Waals surface area contributed by atoms with Gasteiger partial charge in [0.2, 0.25) is 0 Å². The van der Waals surface area contributed by atoms with E-state index in [0.29, 0.717) is 6.42 Å². The molecule has 3 nitrogen and oxygen atoms in total. The SMILES string of the molecule is CC(C)(Cc1ccccc1)C(=O)OC=O. The van der Waals surface area contributed by atoms with E-state index in [-0.39, 0.29) is 6.47 Å². The molecule has 1 aromatic rings. The lowest BCUT2D eigenvalue weighted by Gasteiger charge is -2.20. The summed E-state index contributed by atoms with van der Waals surface area (Å²) in [5.74, 6) is -0.499. The summed E-state index contributed by atoms with van der Waals surface area (Å²) in [5.41, 5.74) is 0.368. The minimum Gasteiger partial charge on any atom is -0.395 e. The van der Waals surface area contributed by atoms with Crippen molar-refractivity contribution in [1.82, 2.24) is 0 Å². The summed E-state index contributed by atoms with van der Waals surface area (Å²) in [5, 5.41) is 0. The summed E-state index contributed by atoms with van der Waals surface area (Å²) in [6.45, 7) is 3.69. The molecule has 0 heterocycles. The van der Waals surface area contributed by atoms with Gasteiger partial charge in [-0.3, -0.25) is 9.59 Å². The lowest BCUT2D eigenvalue weighted by molar-refractivity contribution is -0.159. The van der Waals surface area contributed by atoms with Crippen LogP contribution in [0.1, 0.15) is 19.4 Å². The largest absolute Gasteiger partial charge is 0.395 e. The Morgan fingerprint density at radius 3 is 2.47 bits per heavy atom. The third-order valence-corrected chi connectivity index (χ3v) is 2.20. The molecule has 0 aliphatic heterocycles. The molecular formula is C12H14O3. The molecule has 0 aromatic heterocycles. The molecule has 0 bridgehead atoms. The molecule has 0 aliphatic carbocycles. The molecule has 0 atom stereocenters. The van der Waals surface area contributed by atoms with Crippen LogP contribution in [0, 0.1) is 5.41 Å². The number of hydrogen-bond acceptors (Lipinski definition) is 3. The van der Waals surface area contributed by atoms with E-state index in [4.69, 9.17) is 0 Å². The molecule has 0 fully saturated rings. The molecule has 1 aromatic carbocycles. The van der Waals surface area contributed by atoms with Crippen molar-refractivity contribution in [2.75, 3.05) is 0 Å². The second kappa shape index (κ2) is 4.73. The van der Waals surface area contributed by atoms with Crippen LogP contribution in [0.2, 0.25) is 0 Å². The van der Waals surface area contributed by atoms with Gasteiger partial charge in [0.1, 0.15) is 0 Å². The Labute approximate surface area is 89.1 Å². The van der Waals surface area contributed by atoms with Gasteiger partial charge in [0, 0.05) is 0 Å². The summed E-state index contributed by atoms with van der Waals surface area (Å²) in [7, 11) is 0. The normalized spacial score (nSPS) is 10.8. The van der Waals surface area contributed by atoms with Gasteiger partial charge in [0.25, 0.3) is 0 Å². The minimum atomic E-state index is -0.678.